The van der Waals surface area contributed by atoms with Gasteiger partial charge in [-0.15, -0.1) is 0 Å². The molecule has 0 bridgehead atoms. The van der Waals surface area contributed by atoms with Gasteiger partial charge in [-0.1, -0.05) is 54.1 Å². The summed E-state index contributed by atoms with van der Waals surface area (Å²) in [6.07, 6.45) is 0. The zero-order chi connectivity index (χ0) is 20.0. The molecule has 5 heteroatoms. The van der Waals surface area contributed by atoms with Gasteiger partial charge in [0.15, 0.2) is 0 Å². The lowest BCUT2D eigenvalue weighted by Gasteiger charge is -2.20. The summed E-state index contributed by atoms with van der Waals surface area (Å²) >= 11 is 6.36. The predicted octanol–water partition coefficient (Wildman–Crippen LogP) is 5.33. The van der Waals surface area contributed by atoms with Crippen molar-refractivity contribution in [3.05, 3.63) is 75.5 Å². The first kappa shape index (κ1) is 18.5. The summed E-state index contributed by atoms with van der Waals surface area (Å²) < 4.78 is 0. The Morgan fingerprint density at radius 2 is 1.68 bits per heavy atom. The number of benzene rings is 3. The maximum absolute atomic E-state index is 12.5. The number of phenols is 1. The first-order valence-electron chi connectivity index (χ1n) is 9.11. The molecule has 28 heavy (non-hydrogen) atoms. The Morgan fingerprint density at radius 3 is 2.32 bits per heavy atom. The molecule has 3 aromatic carbocycles. The van der Waals surface area contributed by atoms with Crippen molar-refractivity contribution < 1.29 is 5.11 Å². The van der Waals surface area contributed by atoms with E-state index in [0.29, 0.717) is 21.5 Å². The zero-order valence-corrected chi connectivity index (χ0v) is 16.7. The number of phenolic OH excluding ortho intramolecular Hbond substituents is 1. The molecule has 0 aliphatic heterocycles. The quantitative estimate of drug-likeness (QED) is 0.463. The smallest absolute Gasteiger partial charge is 0.256 e. The number of fused-ring (bicyclic) bond motifs is 3. The number of H-pyrrole nitrogens is 1. The van der Waals surface area contributed by atoms with Crippen LogP contribution in [0.4, 0.5) is 0 Å². The molecular weight excluding hydrogens is 372 g/mol. The van der Waals surface area contributed by atoms with Gasteiger partial charge in [0.1, 0.15) is 5.75 Å². The second-order valence-corrected chi connectivity index (χ2v) is 7.67. The van der Waals surface area contributed by atoms with Gasteiger partial charge in [-0.05, 0) is 43.6 Å². The van der Waals surface area contributed by atoms with Crippen molar-refractivity contribution in [3.8, 4) is 16.9 Å². The molecule has 0 fully saturated rings. The number of aromatic amines is 1. The van der Waals surface area contributed by atoms with E-state index in [4.69, 9.17) is 11.6 Å². The van der Waals surface area contributed by atoms with Crippen LogP contribution in [0.2, 0.25) is 5.02 Å². The Kier molecular flexibility index (Phi) is 4.61. The second kappa shape index (κ2) is 6.97. The number of aromatic nitrogens is 1. The molecule has 4 rings (SSSR count). The van der Waals surface area contributed by atoms with Gasteiger partial charge in [-0.25, -0.2) is 0 Å². The lowest BCUT2D eigenvalue weighted by Crippen LogP contribution is -2.16. The van der Waals surface area contributed by atoms with E-state index in [1.165, 1.54) is 11.6 Å². The molecule has 0 aliphatic carbocycles. The molecule has 0 saturated heterocycles. The lowest BCUT2D eigenvalue weighted by atomic mass is 9.94. The van der Waals surface area contributed by atoms with Crippen LogP contribution in [0.5, 0.6) is 5.75 Å². The molecule has 2 N–H and O–H groups in total. The van der Waals surface area contributed by atoms with Crippen LogP contribution < -0.4 is 5.56 Å². The average Bonchev–Trinajstić information content (AvgIpc) is 2.69. The Balaban J connectivity index is 2.04. The van der Waals surface area contributed by atoms with Crippen LogP contribution in [0, 0.1) is 0 Å². The summed E-state index contributed by atoms with van der Waals surface area (Å²) in [4.78, 5) is 17.5. The summed E-state index contributed by atoms with van der Waals surface area (Å²) in [5.41, 5.74) is 3.05. The minimum Gasteiger partial charge on any atom is -0.507 e. The van der Waals surface area contributed by atoms with E-state index >= 15 is 0 Å². The van der Waals surface area contributed by atoms with Crippen molar-refractivity contribution in [2.75, 3.05) is 14.1 Å². The minimum absolute atomic E-state index is 0.0862. The highest BCUT2D eigenvalue weighted by Crippen LogP contribution is 2.42. The Hall–Kier alpha value is -2.82. The van der Waals surface area contributed by atoms with Gasteiger partial charge in [0, 0.05) is 28.4 Å². The number of rotatable bonds is 3. The molecule has 0 aliphatic rings. The van der Waals surface area contributed by atoms with Crippen molar-refractivity contribution in [1.82, 2.24) is 9.88 Å². The normalized spacial score (nSPS) is 12.8. The van der Waals surface area contributed by atoms with Crippen LogP contribution >= 0.6 is 11.6 Å². The monoisotopic (exact) mass is 392 g/mol. The fourth-order valence-electron chi connectivity index (χ4n) is 3.63. The minimum atomic E-state index is -0.197. The molecular formula is C23H21ClN2O2. The summed E-state index contributed by atoms with van der Waals surface area (Å²) in [5.74, 6) is 0.0862. The van der Waals surface area contributed by atoms with Gasteiger partial charge in [0.2, 0.25) is 0 Å². The second-order valence-electron chi connectivity index (χ2n) is 7.26. The van der Waals surface area contributed by atoms with E-state index < -0.39 is 0 Å². The van der Waals surface area contributed by atoms with Crippen LogP contribution in [0.25, 0.3) is 32.8 Å². The number of pyridine rings is 1. The highest BCUT2D eigenvalue weighted by Gasteiger charge is 2.18. The number of hydrogen-bond acceptors (Lipinski definition) is 3. The Bertz CT molecular complexity index is 1240. The van der Waals surface area contributed by atoms with Crippen molar-refractivity contribution in [3.63, 3.8) is 0 Å². The van der Waals surface area contributed by atoms with Gasteiger partial charge in [0.05, 0.1) is 10.5 Å². The highest BCUT2D eigenvalue weighted by molar-refractivity contribution is 6.37. The molecule has 4 aromatic rings. The molecule has 1 aromatic heterocycles. The number of nitrogens with one attached hydrogen (secondary N) is 1. The van der Waals surface area contributed by atoms with Crippen LogP contribution in [-0.4, -0.2) is 29.1 Å². The third-order valence-electron chi connectivity index (χ3n) is 5.39. The number of halogens is 1. The van der Waals surface area contributed by atoms with E-state index in [2.05, 4.69) is 28.9 Å². The molecule has 0 saturated carbocycles. The van der Waals surface area contributed by atoms with Crippen LogP contribution in [0.1, 0.15) is 18.5 Å². The van der Waals surface area contributed by atoms with Gasteiger partial charge in [-0.3, -0.25) is 4.79 Å². The van der Waals surface area contributed by atoms with Crippen LogP contribution in [-0.2, 0) is 0 Å². The van der Waals surface area contributed by atoms with Crippen LogP contribution in [0.15, 0.2) is 59.4 Å². The fourth-order valence-corrected chi connectivity index (χ4v) is 3.87. The molecule has 0 spiro atoms. The SMILES string of the molecule is C[C@H](c1ccc(-c2c(O)cc(Cl)c3[nH]c(=O)c4ccccc4c23)cc1)N(C)C. The van der Waals surface area contributed by atoms with Crippen molar-refractivity contribution in [2.45, 2.75) is 13.0 Å². The van der Waals surface area contributed by atoms with E-state index in [1.54, 1.807) is 6.07 Å². The van der Waals surface area contributed by atoms with Crippen molar-refractivity contribution >= 4 is 33.3 Å². The standard InChI is InChI=1S/C23H21ClN2O2/c1-13(26(2)3)14-8-10-15(11-9-14)20-19(27)12-18(24)22-21(20)16-6-4-5-7-17(16)23(28)25-22/h4-13,27H,1-3H3,(H,25,28)/t13-/m1/s1. The molecule has 1 heterocycles. The summed E-state index contributed by atoms with van der Waals surface area (Å²) in [7, 11) is 4.08. The summed E-state index contributed by atoms with van der Waals surface area (Å²) in [6.45, 7) is 2.14. The molecule has 1 atom stereocenters. The lowest BCUT2D eigenvalue weighted by molar-refractivity contribution is 0.321. The largest absolute Gasteiger partial charge is 0.507 e. The molecule has 0 unspecified atom stereocenters. The third kappa shape index (κ3) is 2.95. The number of hydrogen-bond donors (Lipinski definition) is 2. The Morgan fingerprint density at radius 1 is 1.04 bits per heavy atom. The van der Waals surface area contributed by atoms with E-state index in [-0.39, 0.29) is 17.4 Å². The topological polar surface area (TPSA) is 56.3 Å². The molecule has 0 radical (unpaired) electrons. The van der Waals surface area contributed by atoms with Gasteiger partial charge in [0.25, 0.3) is 5.56 Å². The third-order valence-corrected chi connectivity index (χ3v) is 5.69. The fraction of sp³-hybridized carbons (Fsp3) is 0.174. The van der Waals surface area contributed by atoms with E-state index in [9.17, 15) is 9.90 Å². The average molecular weight is 393 g/mol. The van der Waals surface area contributed by atoms with Crippen molar-refractivity contribution in [1.29, 1.82) is 0 Å². The number of nitrogens with zero attached hydrogens (tertiary/aromatic N) is 1. The van der Waals surface area contributed by atoms with Crippen LogP contribution in [0.3, 0.4) is 0 Å². The zero-order valence-electron chi connectivity index (χ0n) is 16.0. The summed E-state index contributed by atoms with van der Waals surface area (Å²) in [5, 5.41) is 13.1. The number of aromatic hydroxyl groups is 1. The predicted molar refractivity (Wildman–Crippen MR) is 116 cm³/mol. The maximum Gasteiger partial charge on any atom is 0.256 e. The first-order valence-corrected chi connectivity index (χ1v) is 9.49. The molecule has 0 amide bonds. The van der Waals surface area contributed by atoms with Gasteiger partial charge < -0.3 is 15.0 Å². The van der Waals surface area contributed by atoms with Gasteiger partial charge >= 0.3 is 0 Å². The van der Waals surface area contributed by atoms with E-state index in [1.807, 2.05) is 44.4 Å². The highest BCUT2D eigenvalue weighted by atomic mass is 35.5. The Labute approximate surface area is 168 Å². The van der Waals surface area contributed by atoms with Crippen molar-refractivity contribution in [2.24, 2.45) is 0 Å². The van der Waals surface area contributed by atoms with E-state index in [0.717, 1.165) is 16.3 Å². The first-order chi connectivity index (χ1) is 13.4. The molecule has 142 valence electrons. The summed E-state index contributed by atoms with van der Waals surface area (Å²) in [6, 6.07) is 17.3. The van der Waals surface area contributed by atoms with Gasteiger partial charge in [-0.2, -0.15) is 0 Å². The molecule has 4 nitrogen and oxygen atoms in total. The maximum atomic E-state index is 12.5.